The Morgan fingerprint density at radius 1 is 1.00 bits per heavy atom. The maximum absolute atomic E-state index is 3.94. The minimum absolute atomic E-state index is 0.767. The lowest BCUT2D eigenvalue weighted by Crippen LogP contribution is -2.05. The molecule has 2 aromatic carbocycles. The first-order valence-electron chi connectivity index (χ1n) is 7.01. The summed E-state index contributed by atoms with van der Waals surface area (Å²) in [5.74, 6) is 0. The van der Waals surface area contributed by atoms with Crippen molar-refractivity contribution in [1.29, 1.82) is 0 Å². The highest BCUT2D eigenvalue weighted by Crippen LogP contribution is 2.19. The number of aryl methyl sites for hydroxylation is 1. The highest BCUT2D eigenvalue weighted by atomic mass is 15.5. The molecule has 0 aliphatic carbocycles. The van der Waals surface area contributed by atoms with E-state index in [-0.39, 0.29) is 0 Å². The van der Waals surface area contributed by atoms with E-state index < -0.39 is 0 Å². The van der Waals surface area contributed by atoms with Crippen LogP contribution in [-0.2, 0) is 13.0 Å². The van der Waals surface area contributed by atoms with Crippen LogP contribution in [0.1, 0.15) is 18.1 Å². The van der Waals surface area contributed by atoms with Crippen molar-refractivity contribution in [3.05, 3.63) is 66.0 Å². The average Bonchev–Trinajstić information content (AvgIpc) is 3.08. The Hall–Kier alpha value is -2.69. The van der Waals surface area contributed by atoms with Crippen molar-refractivity contribution >= 4 is 5.69 Å². The highest BCUT2D eigenvalue weighted by Gasteiger charge is 2.04. The Morgan fingerprint density at radius 3 is 2.48 bits per heavy atom. The third kappa shape index (κ3) is 3.08. The van der Waals surface area contributed by atoms with Crippen LogP contribution in [0.2, 0.25) is 0 Å². The van der Waals surface area contributed by atoms with E-state index in [4.69, 9.17) is 0 Å². The molecule has 3 rings (SSSR count). The molecule has 1 N–H and O–H groups in total. The molecule has 106 valence electrons. The monoisotopic (exact) mass is 279 g/mol. The summed E-state index contributed by atoms with van der Waals surface area (Å²) in [4.78, 5) is 0. The first-order chi connectivity index (χ1) is 10.4. The molecule has 1 aromatic heterocycles. The molecule has 0 fully saturated rings. The summed E-state index contributed by atoms with van der Waals surface area (Å²) in [6.07, 6.45) is 2.66. The van der Waals surface area contributed by atoms with E-state index in [1.807, 2.05) is 24.3 Å². The molecule has 5 heteroatoms. The van der Waals surface area contributed by atoms with Gasteiger partial charge >= 0.3 is 0 Å². The number of nitrogens with zero attached hydrogens (tertiary/aromatic N) is 4. The van der Waals surface area contributed by atoms with E-state index in [0.29, 0.717) is 0 Å². The number of nitrogens with one attached hydrogen (secondary N) is 1. The zero-order valence-electron chi connectivity index (χ0n) is 11.9. The average molecular weight is 279 g/mol. The number of anilines is 1. The van der Waals surface area contributed by atoms with Gasteiger partial charge in [-0.1, -0.05) is 43.3 Å². The first-order valence-corrected chi connectivity index (χ1v) is 7.01. The lowest BCUT2D eigenvalue weighted by molar-refractivity contribution is 0.789. The van der Waals surface area contributed by atoms with Gasteiger partial charge in [-0.2, -0.15) is 4.68 Å². The minimum Gasteiger partial charge on any atom is -0.379 e. The molecule has 5 nitrogen and oxygen atoms in total. The number of rotatable bonds is 5. The molecule has 3 aromatic rings. The van der Waals surface area contributed by atoms with Gasteiger partial charge in [0.15, 0.2) is 0 Å². The number of hydrogen-bond acceptors (Lipinski definition) is 4. The first kappa shape index (κ1) is 13.3. The fourth-order valence-electron chi connectivity index (χ4n) is 2.18. The molecule has 0 saturated heterocycles. The largest absolute Gasteiger partial charge is 0.379 e. The maximum atomic E-state index is 3.94. The van der Waals surface area contributed by atoms with Gasteiger partial charge in [0.2, 0.25) is 0 Å². The third-order valence-corrected chi connectivity index (χ3v) is 3.41. The summed E-state index contributed by atoms with van der Waals surface area (Å²) < 4.78 is 1.66. The molecule has 0 amide bonds. The third-order valence-electron chi connectivity index (χ3n) is 3.41. The molecule has 0 bridgehead atoms. The second-order valence-corrected chi connectivity index (χ2v) is 4.80. The van der Waals surface area contributed by atoms with Crippen molar-refractivity contribution in [1.82, 2.24) is 20.2 Å². The Kier molecular flexibility index (Phi) is 3.91. The maximum Gasteiger partial charge on any atom is 0.143 e. The zero-order chi connectivity index (χ0) is 14.5. The number of para-hydroxylation sites is 2. The summed E-state index contributed by atoms with van der Waals surface area (Å²) in [6, 6.07) is 16.6. The number of aromatic nitrogens is 4. The van der Waals surface area contributed by atoms with Crippen LogP contribution in [0, 0.1) is 0 Å². The Morgan fingerprint density at radius 2 is 1.76 bits per heavy atom. The van der Waals surface area contributed by atoms with E-state index in [1.165, 1.54) is 11.1 Å². The number of hydrogen-bond donors (Lipinski definition) is 1. The molecule has 21 heavy (non-hydrogen) atoms. The van der Waals surface area contributed by atoms with E-state index in [2.05, 4.69) is 52.0 Å². The van der Waals surface area contributed by atoms with Crippen LogP contribution in [0.4, 0.5) is 5.69 Å². The smallest absolute Gasteiger partial charge is 0.143 e. The van der Waals surface area contributed by atoms with Crippen molar-refractivity contribution in [3.8, 4) is 5.69 Å². The Bertz CT molecular complexity index is 689. The van der Waals surface area contributed by atoms with Gasteiger partial charge in [0.25, 0.3) is 0 Å². The van der Waals surface area contributed by atoms with Gasteiger partial charge in [0.1, 0.15) is 6.33 Å². The second-order valence-electron chi connectivity index (χ2n) is 4.80. The van der Waals surface area contributed by atoms with Gasteiger partial charge in [-0.15, -0.1) is 5.10 Å². The van der Waals surface area contributed by atoms with E-state index in [9.17, 15) is 0 Å². The SMILES string of the molecule is CCc1ccc(CNc2ccccc2-n2cnnn2)cc1. The topological polar surface area (TPSA) is 55.6 Å². The van der Waals surface area contributed by atoms with Gasteiger partial charge in [0.05, 0.1) is 11.4 Å². The second kappa shape index (κ2) is 6.17. The molecule has 0 aliphatic heterocycles. The van der Waals surface area contributed by atoms with Gasteiger partial charge in [0, 0.05) is 6.54 Å². The predicted octanol–water partition coefficient (Wildman–Crippen LogP) is 2.84. The Balaban J connectivity index is 1.76. The molecular weight excluding hydrogens is 262 g/mol. The standard InChI is InChI=1S/C16H17N5/c1-2-13-7-9-14(10-8-13)11-17-15-5-3-4-6-16(15)21-12-18-19-20-21/h3-10,12,17H,2,11H2,1H3. The van der Waals surface area contributed by atoms with Crippen LogP contribution >= 0.6 is 0 Å². The summed E-state index contributed by atoms with van der Waals surface area (Å²) in [7, 11) is 0. The van der Waals surface area contributed by atoms with Gasteiger partial charge in [-0.05, 0) is 40.1 Å². The molecule has 0 aliphatic rings. The highest BCUT2D eigenvalue weighted by molar-refractivity contribution is 5.60. The number of benzene rings is 2. The summed E-state index contributed by atoms with van der Waals surface area (Å²) >= 11 is 0. The van der Waals surface area contributed by atoms with Crippen molar-refractivity contribution in [2.24, 2.45) is 0 Å². The van der Waals surface area contributed by atoms with Crippen molar-refractivity contribution < 1.29 is 0 Å². The van der Waals surface area contributed by atoms with Crippen LogP contribution in [0.5, 0.6) is 0 Å². The lowest BCUT2D eigenvalue weighted by atomic mass is 10.1. The van der Waals surface area contributed by atoms with Crippen LogP contribution in [0.25, 0.3) is 5.69 Å². The van der Waals surface area contributed by atoms with Gasteiger partial charge in [-0.3, -0.25) is 0 Å². The summed E-state index contributed by atoms with van der Waals surface area (Å²) in [5.41, 5.74) is 4.55. The zero-order valence-corrected chi connectivity index (χ0v) is 11.9. The van der Waals surface area contributed by atoms with Crippen molar-refractivity contribution in [2.75, 3.05) is 5.32 Å². The van der Waals surface area contributed by atoms with Crippen molar-refractivity contribution in [2.45, 2.75) is 19.9 Å². The molecule has 0 spiro atoms. The van der Waals surface area contributed by atoms with Crippen molar-refractivity contribution in [3.63, 3.8) is 0 Å². The molecule has 0 radical (unpaired) electrons. The minimum atomic E-state index is 0.767. The predicted molar refractivity (Wildman–Crippen MR) is 82.3 cm³/mol. The molecule has 0 unspecified atom stereocenters. The van der Waals surface area contributed by atoms with Gasteiger partial charge in [-0.25, -0.2) is 0 Å². The number of tetrazole rings is 1. The van der Waals surface area contributed by atoms with Gasteiger partial charge < -0.3 is 5.32 Å². The normalized spacial score (nSPS) is 10.5. The van der Waals surface area contributed by atoms with Crippen LogP contribution in [0.15, 0.2) is 54.9 Å². The van der Waals surface area contributed by atoms with E-state index in [1.54, 1.807) is 11.0 Å². The molecule has 0 atom stereocenters. The Labute approximate surface area is 123 Å². The quantitative estimate of drug-likeness (QED) is 0.780. The van der Waals surface area contributed by atoms with E-state index in [0.717, 1.165) is 24.3 Å². The fraction of sp³-hybridized carbons (Fsp3) is 0.188. The van der Waals surface area contributed by atoms with Crippen LogP contribution in [-0.4, -0.2) is 20.2 Å². The summed E-state index contributed by atoms with van der Waals surface area (Å²) in [6.45, 7) is 2.93. The lowest BCUT2D eigenvalue weighted by Gasteiger charge is -2.11. The fourth-order valence-corrected chi connectivity index (χ4v) is 2.18. The molecule has 1 heterocycles. The molecule has 0 saturated carbocycles. The van der Waals surface area contributed by atoms with Crippen LogP contribution < -0.4 is 5.32 Å². The summed E-state index contributed by atoms with van der Waals surface area (Å²) in [5, 5.41) is 14.7. The molecular formula is C16H17N5. The van der Waals surface area contributed by atoms with E-state index >= 15 is 0 Å². The van der Waals surface area contributed by atoms with Crippen LogP contribution in [0.3, 0.4) is 0 Å².